The molecular weight excluding hydrogens is 266 g/mol. The third-order valence-electron chi connectivity index (χ3n) is 3.87. The first-order chi connectivity index (χ1) is 10.2. The smallest absolute Gasteiger partial charge is 0.251 e. The van der Waals surface area contributed by atoms with Crippen LogP contribution in [0.5, 0.6) is 5.75 Å². The fraction of sp³-hybridized carbons (Fsp3) is 0.588. The zero-order valence-electron chi connectivity index (χ0n) is 12.7. The first-order valence-corrected chi connectivity index (χ1v) is 7.85. The van der Waals surface area contributed by atoms with Gasteiger partial charge in [0.1, 0.15) is 5.75 Å². The summed E-state index contributed by atoms with van der Waals surface area (Å²) in [5.74, 6) is 0.713. The Morgan fingerprint density at radius 2 is 2.14 bits per heavy atom. The van der Waals surface area contributed by atoms with E-state index in [-0.39, 0.29) is 24.5 Å². The average Bonchev–Trinajstić information content (AvgIpc) is 2.53. The normalized spacial score (nSPS) is 17.2. The molecule has 0 spiro atoms. The Kier molecular flexibility index (Phi) is 6.05. The van der Waals surface area contributed by atoms with Crippen molar-refractivity contribution in [1.29, 1.82) is 0 Å². The number of hydrogen-bond donors (Lipinski definition) is 2. The van der Waals surface area contributed by atoms with Crippen LogP contribution in [0, 0.1) is 5.92 Å². The van der Waals surface area contributed by atoms with Crippen molar-refractivity contribution in [3.05, 3.63) is 29.8 Å². The van der Waals surface area contributed by atoms with Crippen molar-refractivity contribution < 1.29 is 14.6 Å². The molecule has 0 aliphatic heterocycles. The zero-order chi connectivity index (χ0) is 15.1. The van der Waals surface area contributed by atoms with Crippen LogP contribution in [0.3, 0.4) is 0 Å². The predicted octanol–water partition coefficient (Wildman–Crippen LogP) is 2.76. The number of rotatable bonds is 6. The molecule has 1 aromatic rings. The highest BCUT2D eigenvalue weighted by molar-refractivity contribution is 5.94. The van der Waals surface area contributed by atoms with Crippen molar-refractivity contribution in [2.45, 2.75) is 45.1 Å². The summed E-state index contributed by atoms with van der Waals surface area (Å²) in [5, 5.41) is 11.8. The van der Waals surface area contributed by atoms with Crippen LogP contribution in [-0.2, 0) is 0 Å². The largest absolute Gasteiger partial charge is 0.490 e. The van der Waals surface area contributed by atoms with E-state index in [1.165, 1.54) is 19.3 Å². The van der Waals surface area contributed by atoms with E-state index in [9.17, 15) is 4.79 Å². The Bertz CT molecular complexity index is 455. The van der Waals surface area contributed by atoms with Gasteiger partial charge in [0.2, 0.25) is 0 Å². The number of carbonyl (C=O) groups is 1. The molecule has 0 radical (unpaired) electrons. The molecule has 0 bridgehead atoms. The Balaban J connectivity index is 1.91. The maximum absolute atomic E-state index is 12.1. The van der Waals surface area contributed by atoms with Gasteiger partial charge in [-0.3, -0.25) is 4.79 Å². The van der Waals surface area contributed by atoms with Crippen LogP contribution in [0.15, 0.2) is 24.3 Å². The number of carbonyl (C=O) groups excluding carboxylic acids is 1. The summed E-state index contributed by atoms with van der Waals surface area (Å²) in [6.07, 6.45) is 6.24. The summed E-state index contributed by atoms with van der Waals surface area (Å²) in [6.45, 7) is 2.44. The molecule has 1 amide bonds. The number of benzene rings is 1. The Labute approximate surface area is 126 Å². The van der Waals surface area contributed by atoms with Crippen molar-refractivity contribution in [3.8, 4) is 5.75 Å². The number of nitrogens with one attached hydrogen (secondary N) is 1. The van der Waals surface area contributed by atoms with Crippen molar-refractivity contribution in [2.75, 3.05) is 13.2 Å². The monoisotopic (exact) mass is 291 g/mol. The van der Waals surface area contributed by atoms with Gasteiger partial charge in [-0.15, -0.1) is 0 Å². The van der Waals surface area contributed by atoms with E-state index in [1.807, 2.05) is 19.1 Å². The zero-order valence-corrected chi connectivity index (χ0v) is 12.7. The summed E-state index contributed by atoms with van der Waals surface area (Å²) in [5.41, 5.74) is 0.605. The first kappa shape index (κ1) is 15.8. The van der Waals surface area contributed by atoms with Gasteiger partial charge < -0.3 is 15.2 Å². The van der Waals surface area contributed by atoms with Crippen molar-refractivity contribution in [3.63, 3.8) is 0 Å². The highest BCUT2D eigenvalue weighted by atomic mass is 16.5. The molecule has 116 valence electrons. The van der Waals surface area contributed by atoms with E-state index in [1.54, 1.807) is 12.1 Å². The molecule has 21 heavy (non-hydrogen) atoms. The van der Waals surface area contributed by atoms with Crippen LogP contribution in [0.4, 0.5) is 0 Å². The second kappa shape index (κ2) is 8.03. The molecule has 2 rings (SSSR count). The van der Waals surface area contributed by atoms with E-state index in [2.05, 4.69) is 5.32 Å². The lowest BCUT2D eigenvalue weighted by Crippen LogP contribution is -2.29. The molecule has 0 saturated heterocycles. The SMILES string of the molecule is CC(CO)CNC(=O)c1cccc(OC2CCCCC2)c1. The Morgan fingerprint density at radius 3 is 2.86 bits per heavy atom. The van der Waals surface area contributed by atoms with Crippen LogP contribution in [-0.4, -0.2) is 30.3 Å². The minimum Gasteiger partial charge on any atom is -0.490 e. The Morgan fingerprint density at radius 1 is 1.38 bits per heavy atom. The molecule has 1 atom stereocenters. The fourth-order valence-electron chi connectivity index (χ4n) is 2.52. The number of aliphatic hydroxyl groups is 1. The van der Waals surface area contributed by atoms with Crippen LogP contribution >= 0.6 is 0 Å². The summed E-state index contributed by atoms with van der Waals surface area (Å²) in [7, 11) is 0. The van der Waals surface area contributed by atoms with E-state index in [4.69, 9.17) is 9.84 Å². The maximum atomic E-state index is 12.1. The van der Waals surface area contributed by atoms with Crippen molar-refractivity contribution in [1.82, 2.24) is 5.32 Å². The number of amides is 1. The molecule has 1 aromatic carbocycles. The number of hydrogen-bond acceptors (Lipinski definition) is 3. The fourth-order valence-corrected chi connectivity index (χ4v) is 2.52. The Hall–Kier alpha value is -1.55. The van der Waals surface area contributed by atoms with E-state index in [0.29, 0.717) is 12.1 Å². The topological polar surface area (TPSA) is 58.6 Å². The molecule has 0 heterocycles. The summed E-state index contributed by atoms with van der Waals surface area (Å²) in [4.78, 5) is 12.1. The highest BCUT2D eigenvalue weighted by Crippen LogP contribution is 2.23. The average molecular weight is 291 g/mol. The molecule has 4 nitrogen and oxygen atoms in total. The van der Waals surface area contributed by atoms with Gasteiger partial charge in [-0.05, 0) is 49.8 Å². The van der Waals surface area contributed by atoms with Gasteiger partial charge in [-0.2, -0.15) is 0 Å². The second-order valence-corrected chi connectivity index (χ2v) is 5.90. The lowest BCUT2D eigenvalue weighted by atomic mass is 9.98. The third kappa shape index (κ3) is 5.05. The van der Waals surface area contributed by atoms with Crippen LogP contribution in [0.25, 0.3) is 0 Å². The number of aliphatic hydroxyl groups excluding tert-OH is 1. The van der Waals surface area contributed by atoms with Gasteiger partial charge in [0, 0.05) is 18.7 Å². The highest BCUT2D eigenvalue weighted by Gasteiger charge is 2.15. The molecule has 2 N–H and O–H groups in total. The standard InChI is InChI=1S/C17H25NO3/c1-13(12-19)11-18-17(20)14-6-5-9-16(10-14)21-15-7-3-2-4-8-15/h5-6,9-10,13,15,19H,2-4,7-8,11-12H2,1H3,(H,18,20). The third-order valence-corrected chi connectivity index (χ3v) is 3.87. The van der Waals surface area contributed by atoms with Crippen LogP contribution in [0.2, 0.25) is 0 Å². The van der Waals surface area contributed by atoms with Gasteiger partial charge in [-0.25, -0.2) is 0 Å². The van der Waals surface area contributed by atoms with E-state index in [0.717, 1.165) is 18.6 Å². The second-order valence-electron chi connectivity index (χ2n) is 5.90. The molecular formula is C17H25NO3. The van der Waals surface area contributed by atoms with Crippen LogP contribution < -0.4 is 10.1 Å². The molecule has 4 heteroatoms. The molecule has 1 aliphatic rings. The predicted molar refractivity (Wildman–Crippen MR) is 82.5 cm³/mol. The molecule has 1 fully saturated rings. The molecule has 1 aliphatic carbocycles. The van der Waals surface area contributed by atoms with Crippen molar-refractivity contribution in [2.24, 2.45) is 5.92 Å². The molecule has 1 saturated carbocycles. The lowest BCUT2D eigenvalue weighted by Gasteiger charge is -2.23. The molecule has 0 aromatic heterocycles. The maximum Gasteiger partial charge on any atom is 0.251 e. The number of ether oxygens (including phenoxy) is 1. The summed E-state index contributed by atoms with van der Waals surface area (Å²) in [6, 6.07) is 7.34. The minimum absolute atomic E-state index is 0.0654. The van der Waals surface area contributed by atoms with Crippen molar-refractivity contribution >= 4 is 5.91 Å². The lowest BCUT2D eigenvalue weighted by molar-refractivity contribution is 0.0941. The van der Waals surface area contributed by atoms with E-state index >= 15 is 0 Å². The minimum atomic E-state index is -0.121. The summed E-state index contributed by atoms with van der Waals surface area (Å²) >= 11 is 0. The summed E-state index contributed by atoms with van der Waals surface area (Å²) < 4.78 is 5.97. The van der Waals surface area contributed by atoms with Gasteiger partial charge in [0.25, 0.3) is 5.91 Å². The van der Waals surface area contributed by atoms with Gasteiger partial charge in [0.15, 0.2) is 0 Å². The van der Waals surface area contributed by atoms with Crippen LogP contribution in [0.1, 0.15) is 49.4 Å². The molecule has 1 unspecified atom stereocenters. The van der Waals surface area contributed by atoms with Gasteiger partial charge in [0.05, 0.1) is 6.10 Å². The quantitative estimate of drug-likeness (QED) is 0.847. The van der Waals surface area contributed by atoms with Gasteiger partial charge in [-0.1, -0.05) is 19.4 Å². The van der Waals surface area contributed by atoms with Gasteiger partial charge >= 0.3 is 0 Å². The van der Waals surface area contributed by atoms with E-state index < -0.39 is 0 Å². The first-order valence-electron chi connectivity index (χ1n) is 7.85.